The summed E-state index contributed by atoms with van der Waals surface area (Å²) >= 11 is 0. The van der Waals surface area contributed by atoms with Crippen LogP contribution in [0.25, 0.3) is 0 Å². The molecule has 78 valence electrons. The summed E-state index contributed by atoms with van der Waals surface area (Å²) < 4.78 is 0. The van der Waals surface area contributed by atoms with Gasteiger partial charge in [0.05, 0.1) is 6.61 Å². The van der Waals surface area contributed by atoms with Crippen LogP contribution in [0, 0.1) is 0 Å². The van der Waals surface area contributed by atoms with Gasteiger partial charge >= 0.3 is 0 Å². The molecule has 1 heterocycles. The van der Waals surface area contributed by atoms with Crippen LogP contribution in [0.3, 0.4) is 0 Å². The van der Waals surface area contributed by atoms with Crippen molar-refractivity contribution in [3.05, 3.63) is 0 Å². The van der Waals surface area contributed by atoms with Crippen LogP contribution in [0.4, 0.5) is 0 Å². The Morgan fingerprint density at radius 1 is 1.31 bits per heavy atom. The molecule has 0 aromatic carbocycles. The Kier molecular flexibility index (Phi) is 6.03. The molecule has 0 saturated carbocycles. The molecule has 1 fully saturated rings. The maximum Gasteiger partial charge on any atom is 0.219 e. The molecule has 0 aromatic rings. The first-order valence-corrected chi connectivity index (χ1v) is 4.33. The van der Waals surface area contributed by atoms with Gasteiger partial charge in [-0.25, -0.2) is 0 Å². The van der Waals surface area contributed by atoms with E-state index in [2.05, 4.69) is 4.90 Å². The Labute approximate surface area is 84.9 Å². The first-order valence-electron chi connectivity index (χ1n) is 4.33. The summed E-state index contributed by atoms with van der Waals surface area (Å²) in [5, 5.41) is 8.67. The molecule has 1 N–H and O–H groups in total. The lowest BCUT2D eigenvalue weighted by atomic mass is 10.3. The standard InChI is InChI=1S/C8H16N2O2.ClH/c1-8(12)10-4-2-9(3-5-10)6-7-11;/h11H,2-7H2,1H3;1H/p-1. The average Bonchev–Trinajstić information content (AvgIpc) is 2.06. The van der Waals surface area contributed by atoms with E-state index >= 15 is 0 Å². The van der Waals surface area contributed by atoms with Gasteiger partial charge in [0.2, 0.25) is 5.91 Å². The van der Waals surface area contributed by atoms with Crippen molar-refractivity contribution in [3.63, 3.8) is 0 Å². The van der Waals surface area contributed by atoms with Crippen molar-refractivity contribution in [2.24, 2.45) is 0 Å². The molecule has 0 unspecified atom stereocenters. The Morgan fingerprint density at radius 3 is 2.23 bits per heavy atom. The minimum Gasteiger partial charge on any atom is -1.00 e. The Morgan fingerprint density at radius 2 is 1.85 bits per heavy atom. The highest BCUT2D eigenvalue weighted by Crippen LogP contribution is 2.00. The van der Waals surface area contributed by atoms with Crippen LogP contribution in [0.5, 0.6) is 0 Å². The minimum absolute atomic E-state index is 0. The van der Waals surface area contributed by atoms with Crippen molar-refractivity contribution in [1.82, 2.24) is 9.80 Å². The zero-order chi connectivity index (χ0) is 8.97. The predicted molar refractivity (Wildman–Crippen MR) is 45.8 cm³/mol. The van der Waals surface area contributed by atoms with E-state index in [-0.39, 0.29) is 24.9 Å². The van der Waals surface area contributed by atoms with Crippen molar-refractivity contribution >= 4 is 5.91 Å². The van der Waals surface area contributed by atoms with Gasteiger partial charge in [-0.15, -0.1) is 0 Å². The third-order valence-corrected chi connectivity index (χ3v) is 2.23. The molecule has 13 heavy (non-hydrogen) atoms. The molecule has 0 bridgehead atoms. The summed E-state index contributed by atoms with van der Waals surface area (Å²) in [6.07, 6.45) is 0. The number of amides is 1. The molecule has 0 spiro atoms. The highest BCUT2D eigenvalue weighted by Gasteiger charge is 2.17. The predicted octanol–water partition coefficient (Wildman–Crippen LogP) is -3.85. The SMILES string of the molecule is CC(=O)N1CCN(CCO)CC1.[Cl-]. The second-order valence-corrected chi connectivity index (χ2v) is 3.07. The molecular formula is C8H16ClN2O2-. The maximum atomic E-state index is 10.9. The van der Waals surface area contributed by atoms with Crippen molar-refractivity contribution in [1.29, 1.82) is 0 Å². The molecule has 1 saturated heterocycles. The zero-order valence-corrected chi connectivity index (χ0v) is 8.63. The van der Waals surface area contributed by atoms with Gasteiger partial charge in [0.15, 0.2) is 0 Å². The van der Waals surface area contributed by atoms with E-state index in [0.29, 0.717) is 0 Å². The minimum atomic E-state index is 0. The number of hydrogen-bond acceptors (Lipinski definition) is 3. The fourth-order valence-electron chi connectivity index (χ4n) is 1.43. The largest absolute Gasteiger partial charge is 1.00 e. The highest BCUT2D eigenvalue weighted by molar-refractivity contribution is 5.73. The normalized spacial score (nSPS) is 18.2. The van der Waals surface area contributed by atoms with E-state index < -0.39 is 0 Å². The Hall–Kier alpha value is -0.320. The smallest absolute Gasteiger partial charge is 0.219 e. The van der Waals surface area contributed by atoms with Crippen LogP contribution < -0.4 is 12.4 Å². The number of nitrogens with zero attached hydrogens (tertiary/aromatic N) is 2. The van der Waals surface area contributed by atoms with Crippen LogP contribution in [0.15, 0.2) is 0 Å². The molecule has 1 amide bonds. The summed E-state index contributed by atoms with van der Waals surface area (Å²) in [4.78, 5) is 14.9. The molecule has 5 heteroatoms. The summed E-state index contributed by atoms with van der Waals surface area (Å²) in [7, 11) is 0. The molecule has 1 aliphatic rings. The molecule has 0 aliphatic carbocycles. The first-order chi connectivity index (χ1) is 5.74. The van der Waals surface area contributed by atoms with Crippen molar-refractivity contribution in [3.8, 4) is 0 Å². The average molecular weight is 208 g/mol. The number of piperazine rings is 1. The number of carbonyl (C=O) groups excluding carboxylic acids is 1. The molecular weight excluding hydrogens is 192 g/mol. The van der Waals surface area contributed by atoms with Gasteiger partial charge in [-0.2, -0.15) is 0 Å². The van der Waals surface area contributed by atoms with E-state index in [0.717, 1.165) is 32.7 Å². The number of hydrogen-bond donors (Lipinski definition) is 1. The number of β-amino-alcohol motifs (C(OH)–C–C–N with tert-alkyl or cyclic N) is 1. The number of aliphatic hydroxyl groups is 1. The molecule has 0 radical (unpaired) electrons. The molecule has 0 aromatic heterocycles. The third-order valence-electron chi connectivity index (χ3n) is 2.23. The van der Waals surface area contributed by atoms with E-state index in [4.69, 9.17) is 5.11 Å². The van der Waals surface area contributed by atoms with Gasteiger partial charge in [0, 0.05) is 39.6 Å². The molecule has 1 aliphatic heterocycles. The topological polar surface area (TPSA) is 43.8 Å². The third kappa shape index (κ3) is 3.93. The lowest BCUT2D eigenvalue weighted by Crippen LogP contribution is -3.00. The van der Waals surface area contributed by atoms with Crippen molar-refractivity contribution in [2.45, 2.75) is 6.92 Å². The zero-order valence-electron chi connectivity index (χ0n) is 7.87. The molecule has 4 nitrogen and oxygen atoms in total. The van der Waals surface area contributed by atoms with Crippen molar-refractivity contribution in [2.75, 3.05) is 39.3 Å². The van der Waals surface area contributed by atoms with E-state index in [1.807, 2.05) is 4.90 Å². The van der Waals surface area contributed by atoms with E-state index in [1.165, 1.54) is 0 Å². The van der Waals surface area contributed by atoms with Gasteiger partial charge < -0.3 is 22.4 Å². The van der Waals surface area contributed by atoms with Gasteiger partial charge in [0.25, 0.3) is 0 Å². The van der Waals surface area contributed by atoms with Crippen LogP contribution in [-0.2, 0) is 4.79 Å². The van der Waals surface area contributed by atoms with Gasteiger partial charge in [-0.3, -0.25) is 9.69 Å². The monoisotopic (exact) mass is 207 g/mol. The number of aliphatic hydroxyl groups excluding tert-OH is 1. The Balaban J connectivity index is 0.00000144. The summed E-state index contributed by atoms with van der Waals surface area (Å²) in [5.41, 5.74) is 0. The highest BCUT2D eigenvalue weighted by atomic mass is 35.5. The Bertz CT molecular complexity index is 158. The quantitative estimate of drug-likeness (QED) is 0.505. The molecule has 1 rings (SSSR count). The van der Waals surface area contributed by atoms with Crippen LogP contribution in [-0.4, -0.2) is 60.1 Å². The van der Waals surface area contributed by atoms with Crippen LogP contribution in [0.1, 0.15) is 6.92 Å². The fraction of sp³-hybridized carbons (Fsp3) is 0.875. The van der Waals surface area contributed by atoms with Gasteiger partial charge in [-0.05, 0) is 0 Å². The number of rotatable bonds is 2. The second-order valence-electron chi connectivity index (χ2n) is 3.07. The van der Waals surface area contributed by atoms with E-state index in [9.17, 15) is 4.79 Å². The first kappa shape index (κ1) is 12.7. The van der Waals surface area contributed by atoms with Crippen LogP contribution in [0.2, 0.25) is 0 Å². The lowest BCUT2D eigenvalue weighted by molar-refractivity contribution is -0.130. The van der Waals surface area contributed by atoms with Gasteiger partial charge in [-0.1, -0.05) is 0 Å². The number of halogens is 1. The van der Waals surface area contributed by atoms with Gasteiger partial charge in [0.1, 0.15) is 0 Å². The summed E-state index contributed by atoms with van der Waals surface area (Å²) in [6, 6.07) is 0. The fourth-order valence-corrected chi connectivity index (χ4v) is 1.43. The van der Waals surface area contributed by atoms with E-state index in [1.54, 1.807) is 6.92 Å². The van der Waals surface area contributed by atoms with Crippen LogP contribution >= 0.6 is 0 Å². The second kappa shape index (κ2) is 6.18. The summed E-state index contributed by atoms with van der Waals surface area (Å²) in [5.74, 6) is 0.152. The number of carbonyl (C=O) groups is 1. The maximum absolute atomic E-state index is 10.9. The summed E-state index contributed by atoms with van der Waals surface area (Å²) in [6.45, 7) is 5.92. The molecule has 0 atom stereocenters. The van der Waals surface area contributed by atoms with Crippen molar-refractivity contribution < 1.29 is 22.3 Å². The lowest BCUT2D eigenvalue weighted by Gasteiger charge is -2.33.